The summed E-state index contributed by atoms with van der Waals surface area (Å²) >= 11 is 6.00. The highest BCUT2D eigenvalue weighted by Crippen LogP contribution is 2.19. The molecule has 0 saturated carbocycles. The standard InChI is InChI=1S/C10H10ClN3O3/c1-16-5-8-12-13-9-7(11)3-6(4-14(8)9)10(15)17-2/h3-4H,5H2,1-2H3. The minimum atomic E-state index is -0.467. The van der Waals surface area contributed by atoms with E-state index in [9.17, 15) is 4.79 Å². The third-order valence-corrected chi connectivity index (χ3v) is 2.50. The predicted molar refractivity (Wildman–Crippen MR) is 60.0 cm³/mol. The summed E-state index contributed by atoms with van der Waals surface area (Å²) in [6, 6.07) is 1.49. The summed E-state index contributed by atoms with van der Waals surface area (Å²) in [5.74, 6) is 0.0982. The molecule has 0 N–H and O–H groups in total. The van der Waals surface area contributed by atoms with Crippen molar-refractivity contribution < 1.29 is 14.3 Å². The van der Waals surface area contributed by atoms with Gasteiger partial charge < -0.3 is 9.47 Å². The van der Waals surface area contributed by atoms with E-state index in [0.29, 0.717) is 22.1 Å². The number of esters is 1. The predicted octanol–water partition coefficient (Wildman–Crippen LogP) is 1.32. The first-order valence-corrected chi connectivity index (χ1v) is 5.15. The molecule has 0 aromatic carbocycles. The van der Waals surface area contributed by atoms with E-state index >= 15 is 0 Å². The molecule has 0 amide bonds. The number of fused-ring (bicyclic) bond motifs is 1. The normalized spacial score (nSPS) is 10.8. The monoisotopic (exact) mass is 255 g/mol. The highest BCUT2D eigenvalue weighted by molar-refractivity contribution is 6.33. The lowest BCUT2D eigenvalue weighted by Crippen LogP contribution is -2.05. The number of rotatable bonds is 3. The van der Waals surface area contributed by atoms with Crippen LogP contribution < -0.4 is 0 Å². The highest BCUT2D eigenvalue weighted by atomic mass is 35.5. The molecular weight excluding hydrogens is 246 g/mol. The van der Waals surface area contributed by atoms with E-state index in [1.807, 2.05) is 0 Å². The van der Waals surface area contributed by atoms with Gasteiger partial charge in [0.15, 0.2) is 11.5 Å². The molecule has 0 aliphatic rings. The third kappa shape index (κ3) is 2.09. The van der Waals surface area contributed by atoms with Gasteiger partial charge in [0.1, 0.15) is 6.61 Å². The summed E-state index contributed by atoms with van der Waals surface area (Å²) in [5.41, 5.74) is 0.813. The van der Waals surface area contributed by atoms with Gasteiger partial charge in [0.25, 0.3) is 0 Å². The van der Waals surface area contributed by atoms with Crippen molar-refractivity contribution >= 4 is 23.2 Å². The number of halogens is 1. The number of aromatic nitrogens is 3. The largest absolute Gasteiger partial charge is 0.465 e. The van der Waals surface area contributed by atoms with Crippen LogP contribution in [0.2, 0.25) is 5.02 Å². The van der Waals surface area contributed by atoms with Crippen LogP contribution in [0.4, 0.5) is 0 Å². The molecule has 6 nitrogen and oxygen atoms in total. The molecule has 0 unspecified atom stereocenters. The first-order chi connectivity index (χ1) is 8.17. The molecule has 2 rings (SSSR count). The van der Waals surface area contributed by atoms with Crippen LogP contribution in [0.5, 0.6) is 0 Å². The number of methoxy groups -OCH3 is 2. The Morgan fingerprint density at radius 3 is 2.88 bits per heavy atom. The molecule has 0 radical (unpaired) electrons. The molecule has 2 heterocycles. The molecule has 2 aromatic heterocycles. The van der Waals surface area contributed by atoms with Crippen molar-refractivity contribution in [3.8, 4) is 0 Å². The number of hydrogen-bond acceptors (Lipinski definition) is 5. The summed E-state index contributed by atoms with van der Waals surface area (Å²) in [4.78, 5) is 11.4. The van der Waals surface area contributed by atoms with E-state index < -0.39 is 5.97 Å². The van der Waals surface area contributed by atoms with Crippen molar-refractivity contribution in [2.75, 3.05) is 14.2 Å². The van der Waals surface area contributed by atoms with Crippen LogP contribution in [0.1, 0.15) is 16.2 Å². The van der Waals surface area contributed by atoms with Crippen LogP contribution in [0.25, 0.3) is 5.65 Å². The smallest absolute Gasteiger partial charge is 0.339 e. The second kappa shape index (κ2) is 4.68. The highest BCUT2D eigenvalue weighted by Gasteiger charge is 2.14. The topological polar surface area (TPSA) is 65.7 Å². The first kappa shape index (κ1) is 11.8. The van der Waals surface area contributed by atoms with Crippen molar-refractivity contribution in [1.82, 2.24) is 14.6 Å². The number of hydrogen-bond donors (Lipinski definition) is 0. The van der Waals surface area contributed by atoms with Crippen LogP contribution in [0.3, 0.4) is 0 Å². The zero-order valence-corrected chi connectivity index (χ0v) is 10.1. The van der Waals surface area contributed by atoms with Crippen molar-refractivity contribution in [3.05, 3.63) is 28.7 Å². The quantitative estimate of drug-likeness (QED) is 0.774. The van der Waals surface area contributed by atoms with E-state index in [1.54, 1.807) is 17.7 Å². The minimum absolute atomic E-state index is 0.280. The Balaban J connectivity index is 2.60. The van der Waals surface area contributed by atoms with Gasteiger partial charge >= 0.3 is 5.97 Å². The summed E-state index contributed by atoms with van der Waals surface area (Å²) in [7, 11) is 2.86. The van der Waals surface area contributed by atoms with Crippen LogP contribution in [0.15, 0.2) is 12.3 Å². The molecule has 90 valence electrons. The average Bonchev–Trinajstić information content (AvgIpc) is 2.72. The zero-order valence-electron chi connectivity index (χ0n) is 9.31. The average molecular weight is 256 g/mol. The lowest BCUT2D eigenvalue weighted by atomic mass is 10.3. The molecule has 7 heteroatoms. The molecular formula is C10H10ClN3O3. The fraction of sp³-hybridized carbons (Fsp3) is 0.300. The van der Waals surface area contributed by atoms with E-state index in [4.69, 9.17) is 16.3 Å². The molecule has 0 aliphatic carbocycles. The minimum Gasteiger partial charge on any atom is -0.465 e. The maximum atomic E-state index is 11.4. The van der Waals surface area contributed by atoms with Crippen LogP contribution in [0, 0.1) is 0 Å². The Morgan fingerprint density at radius 2 is 2.24 bits per heavy atom. The summed E-state index contributed by atoms with van der Waals surface area (Å²) in [6.45, 7) is 0.280. The van der Waals surface area contributed by atoms with Crippen molar-refractivity contribution in [2.24, 2.45) is 0 Å². The Kier molecular flexibility index (Phi) is 3.26. The molecule has 0 atom stereocenters. The van der Waals surface area contributed by atoms with E-state index in [2.05, 4.69) is 14.9 Å². The zero-order chi connectivity index (χ0) is 12.4. The maximum Gasteiger partial charge on any atom is 0.339 e. The second-order valence-corrected chi connectivity index (χ2v) is 3.72. The Labute approximate surface area is 102 Å². The van der Waals surface area contributed by atoms with Crippen molar-refractivity contribution in [3.63, 3.8) is 0 Å². The molecule has 0 bridgehead atoms. The van der Waals surface area contributed by atoms with Crippen molar-refractivity contribution in [2.45, 2.75) is 6.61 Å². The lowest BCUT2D eigenvalue weighted by molar-refractivity contribution is 0.0600. The number of ether oxygens (including phenoxy) is 2. The van der Waals surface area contributed by atoms with Gasteiger partial charge in [-0.25, -0.2) is 4.79 Å². The fourth-order valence-electron chi connectivity index (χ4n) is 1.46. The van der Waals surface area contributed by atoms with Gasteiger partial charge in [0, 0.05) is 13.3 Å². The van der Waals surface area contributed by atoms with Gasteiger partial charge in [-0.1, -0.05) is 11.6 Å². The number of carbonyl (C=O) groups is 1. The number of nitrogens with zero attached hydrogens (tertiary/aromatic N) is 3. The van der Waals surface area contributed by atoms with Crippen LogP contribution >= 0.6 is 11.6 Å². The Morgan fingerprint density at radius 1 is 1.47 bits per heavy atom. The van der Waals surface area contributed by atoms with Crippen molar-refractivity contribution in [1.29, 1.82) is 0 Å². The summed E-state index contributed by atoms with van der Waals surface area (Å²) in [6.07, 6.45) is 1.57. The maximum absolute atomic E-state index is 11.4. The van der Waals surface area contributed by atoms with Gasteiger partial charge in [-0.2, -0.15) is 0 Å². The van der Waals surface area contributed by atoms with Gasteiger partial charge in [-0.15, -0.1) is 10.2 Å². The fourth-order valence-corrected chi connectivity index (χ4v) is 1.70. The third-order valence-electron chi connectivity index (χ3n) is 2.22. The number of pyridine rings is 1. The lowest BCUT2D eigenvalue weighted by Gasteiger charge is -2.03. The molecule has 0 spiro atoms. The van der Waals surface area contributed by atoms with Gasteiger partial charge in [0.05, 0.1) is 17.7 Å². The van der Waals surface area contributed by atoms with Gasteiger partial charge in [-0.05, 0) is 6.07 Å². The Bertz CT molecular complexity index is 567. The van der Waals surface area contributed by atoms with E-state index in [1.165, 1.54) is 13.2 Å². The molecule has 17 heavy (non-hydrogen) atoms. The van der Waals surface area contributed by atoms with E-state index in [0.717, 1.165) is 0 Å². The number of carbonyl (C=O) groups excluding carboxylic acids is 1. The molecule has 0 aliphatic heterocycles. The molecule has 0 fully saturated rings. The molecule has 0 saturated heterocycles. The summed E-state index contributed by atoms with van der Waals surface area (Å²) < 4.78 is 11.2. The summed E-state index contributed by atoms with van der Waals surface area (Å²) in [5, 5.41) is 8.17. The SMILES string of the molecule is COCc1nnc2c(Cl)cc(C(=O)OC)cn12. The van der Waals surface area contributed by atoms with Crippen LogP contribution in [-0.2, 0) is 16.1 Å². The van der Waals surface area contributed by atoms with E-state index in [-0.39, 0.29) is 6.61 Å². The van der Waals surface area contributed by atoms with Gasteiger partial charge in [0.2, 0.25) is 0 Å². The first-order valence-electron chi connectivity index (χ1n) is 4.77. The second-order valence-electron chi connectivity index (χ2n) is 3.31. The molecule has 2 aromatic rings. The Hall–Kier alpha value is -1.66. The van der Waals surface area contributed by atoms with Gasteiger partial charge in [-0.3, -0.25) is 4.40 Å². The van der Waals surface area contributed by atoms with Crippen LogP contribution in [-0.4, -0.2) is 34.8 Å².